The fourth-order valence-electron chi connectivity index (χ4n) is 4.36. The summed E-state index contributed by atoms with van der Waals surface area (Å²) in [5, 5.41) is 4.01. The predicted molar refractivity (Wildman–Crippen MR) is 119 cm³/mol. The molecule has 0 bridgehead atoms. The van der Waals surface area contributed by atoms with Crippen LogP contribution < -0.4 is 0 Å². The highest BCUT2D eigenvalue weighted by atomic mass is 16.5. The highest BCUT2D eigenvalue weighted by molar-refractivity contribution is 6.24. The van der Waals surface area contributed by atoms with Crippen LogP contribution in [-0.2, 0) is 11.3 Å². The van der Waals surface area contributed by atoms with Crippen molar-refractivity contribution in [2.45, 2.75) is 27.3 Å². The highest BCUT2D eigenvalue weighted by Crippen LogP contribution is 2.37. The first-order valence-electron chi connectivity index (χ1n) is 10.0. The smallest absolute Gasteiger partial charge is 0.338 e. The van der Waals surface area contributed by atoms with Crippen LogP contribution >= 0.6 is 0 Å². The molecule has 0 atom stereocenters. The second kappa shape index (κ2) is 6.59. The Hall–Kier alpha value is -3.40. The zero-order chi connectivity index (χ0) is 20.1. The summed E-state index contributed by atoms with van der Waals surface area (Å²) in [6, 6.07) is 18.6. The lowest BCUT2D eigenvalue weighted by Gasteiger charge is -2.11. The van der Waals surface area contributed by atoms with Gasteiger partial charge < -0.3 is 9.30 Å². The van der Waals surface area contributed by atoms with E-state index in [0.717, 1.165) is 50.2 Å². The van der Waals surface area contributed by atoms with E-state index in [1.54, 1.807) is 0 Å². The van der Waals surface area contributed by atoms with Gasteiger partial charge in [-0.3, -0.25) is 0 Å². The molecule has 5 rings (SSSR count). The molecule has 0 amide bonds. The third-order valence-electron chi connectivity index (χ3n) is 5.58. The number of rotatable bonds is 3. The summed E-state index contributed by atoms with van der Waals surface area (Å²) in [5.41, 5.74) is 5.77. The van der Waals surface area contributed by atoms with Crippen molar-refractivity contribution in [2.24, 2.45) is 0 Å². The number of esters is 1. The van der Waals surface area contributed by atoms with Gasteiger partial charge in [0.1, 0.15) is 0 Å². The molecule has 0 saturated heterocycles. The van der Waals surface area contributed by atoms with Crippen LogP contribution in [0.5, 0.6) is 0 Å². The molecule has 4 nitrogen and oxygen atoms in total. The molecule has 0 spiro atoms. The van der Waals surface area contributed by atoms with E-state index in [9.17, 15) is 4.79 Å². The van der Waals surface area contributed by atoms with Crippen molar-refractivity contribution >= 4 is 49.6 Å². The van der Waals surface area contributed by atoms with E-state index in [4.69, 9.17) is 9.72 Å². The summed E-state index contributed by atoms with van der Waals surface area (Å²) in [6.07, 6.45) is 0. The molecule has 144 valence electrons. The monoisotopic (exact) mass is 382 g/mol. The quantitative estimate of drug-likeness (QED) is 0.284. The van der Waals surface area contributed by atoms with E-state index >= 15 is 0 Å². The van der Waals surface area contributed by atoms with Gasteiger partial charge >= 0.3 is 5.97 Å². The number of fused-ring (bicyclic) bond motifs is 6. The molecular weight excluding hydrogens is 360 g/mol. The largest absolute Gasteiger partial charge is 0.462 e. The molecule has 0 saturated carbocycles. The zero-order valence-corrected chi connectivity index (χ0v) is 16.8. The van der Waals surface area contributed by atoms with Crippen molar-refractivity contribution in [3.63, 3.8) is 0 Å². The maximum atomic E-state index is 12.9. The molecule has 0 aliphatic rings. The average molecular weight is 382 g/mol. The highest BCUT2D eigenvalue weighted by Gasteiger charge is 2.22. The molecule has 0 aliphatic heterocycles. The van der Waals surface area contributed by atoms with E-state index in [1.807, 2.05) is 25.1 Å². The minimum Gasteiger partial charge on any atom is -0.462 e. The first kappa shape index (κ1) is 17.7. The van der Waals surface area contributed by atoms with Crippen LogP contribution in [0.25, 0.3) is 43.6 Å². The number of carbonyl (C=O) groups excluding carboxylic acids is 1. The van der Waals surface area contributed by atoms with E-state index in [-0.39, 0.29) is 5.97 Å². The Kier molecular flexibility index (Phi) is 4.02. The van der Waals surface area contributed by atoms with Crippen molar-refractivity contribution in [3.8, 4) is 0 Å². The second-order valence-electron chi connectivity index (χ2n) is 7.39. The van der Waals surface area contributed by atoms with Gasteiger partial charge in [-0.05, 0) is 51.1 Å². The molecule has 2 aromatic heterocycles. The number of hydrogen-bond donors (Lipinski definition) is 0. The molecule has 0 fully saturated rings. The third kappa shape index (κ3) is 2.59. The van der Waals surface area contributed by atoms with Gasteiger partial charge in [0.05, 0.1) is 28.7 Å². The van der Waals surface area contributed by atoms with Gasteiger partial charge in [-0.25, -0.2) is 9.78 Å². The van der Waals surface area contributed by atoms with Gasteiger partial charge in [0.15, 0.2) is 0 Å². The van der Waals surface area contributed by atoms with Crippen LogP contribution in [0.2, 0.25) is 0 Å². The molecule has 3 aromatic carbocycles. The molecule has 0 unspecified atom stereocenters. The Balaban J connectivity index is 2.04. The molecule has 5 aromatic rings. The van der Waals surface area contributed by atoms with Gasteiger partial charge in [-0.1, -0.05) is 29.8 Å². The number of para-hydroxylation sites is 1. The maximum Gasteiger partial charge on any atom is 0.338 e. The molecule has 2 heterocycles. The number of benzene rings is 3. The Morgan fingerprint density at radius 2 is 1.86 bits per heavy atom. The number of carbonyl (C=O) groups is 1. The van der Waals surface area contributed by atoms with Crippen LogP contribution in [-0.4, -0.2) is 22.1 Å². The van der Waals surface area contributed by atoms with Crippen LogP contribution in [0.4, 0.5) is 0 Å². The van der Waals surface area contributed by atoms with Gasteiger partial charge in [0.2, 0.25) is 0 Å². The van der Waals surface area contributed by atoms with Gasteiger partial charge in [-0.15, -0.1) is 0 Å². The van der Waals surface area contributed by atoms with Crippen LogP contribution in [0.1, 0.15) is 29.8 Å². The standard InChI is InChI=1S/C25H22N2O2/c1-4-27-21-9-7-6-8-18(21)22-19(25(28)29-5-2)14-17-13-16-12-15(3)10-11-20(16)26-23(17)24(22)27/h6-14H,4-5H2,1-3H3. The minimum atomic E-state index is -0.289. The number of ether oxygens (including phenoxy) is 1. The summed E-state index contributed by atoms with van der Waals surface area (Å²) in [7, 11) is 0. The van der Waals surface area contributed by atoms with Gasteiger partial charge in [0.25, 0.3) is 0 Å². The van der Waals surface area contributed by atoms with E-state index in [2.05, 4.69) is 54.8 Å². The maximum absolute atomic E-state index is 12.9. The SMILES string of the molecule is CCOC(=O)c1cc2cc3cc(C)ccc3nc2c2c1c1ccccc1n2CC. The molecule has 0 radical (unpaired) electrons. The van der Waals surface area contributed by atoms with Crippen molar-refractivity contribution in [3.05, 3.63) is 65.7 Å². The first-order valence-corrected chi connectivity index (χ1v) is 10.0. The third-order valence-corrected chi connectivity index (χ3v) is 5.58. The summed E-state index contributed by atoms with van der Waals surface area (Å²) in [6.45, 7) is 7.17. The Labute approximate surface area is 168 Å². The average Bonchev–Trinajstić information content (AvgIpc) is 3.06. The zero-order valence-electron chi connectivity index (χ0n) is 16.8. The summed E-state index contributed by atoms with van der Waals surface area (Å²) in [5.74, 6) is -0.289. The van der Waals surface area contributed by atoms with Crippen molar-refractivity contribution in [1.29, 1.82) is 0 Å². The van der Waals surface area contributed by atoms with Crippen molar-refractivity contribution in [1.82, 2.24) is 9.55 Å². The van der Waals surface area contributed by atoms with Crippen LogP contribution in [0, 0.1) is 6.92 Å². The molecular formula is C25H22N2O2. The summed E-state index contributed by atoms with van der Waals surface area (Å²) < 4.78 is 7.67. The van der Waals surface area contributed by atoms with Crippen molar-refractivity contribution in [2.75, 3.05) is 6.61 Å². The number of hydrogen-bond acceptors (Lipinski definition) is 3. The Morgan fingerprint density at radius 3 is 2.66 bits per heavy atom. The van der Waals surface area contributed by atoms with E-state index < -0.39 is 0 Å². The minimum absolute atomic E-state index is 0.289. The summed E-state index contributed by atoms with van der Waals surface area (Å²) >= 11 is 0. The Bertz CT molecular complexity index is 1430. The molecule has 0 aliphatic carbocycles. The van der Waals surface area contributed by atoms with E-state index in [0.29, 0.717) is 12.2 Å². The van der Waals surface area contributed by atoms with E-state index in [1.165, 1.54) is 5.56 Å². The molecule has 4 heteroatoms. The topological polar surface area (TPSA) is 44.1 Å². The Morgan fingerprint density at radius 1 is 1.03 bits per heavy atom. The lowest BCUT2D eigenvalue weighted by Crippen LogP contribution is -2.06. The first-order chi connectivity index (χ1) is 14.1. The van der Waals surface area contributed by atoms with Gasteiger partial charge in [0, 0.05) is 33.6 Å². The predicted octanol–water partition coefficient (Wildman–Crippen LogP) is 6.00. The van der Waals surface area contributed by atoms with Gasteiger partial charge in [-0.2, -0.15) is 0 Å². The second-order valence-corrected chi connectivity index (χ2v) is 7.39. The molecule has 29 heavy (non-hydrogen) atoms. The van der Waals surface area contributed by atoms with Crippen LogP contribution in [0.15, 0.2) is 54.6 Å². The number of pyridine rings is 1. The number of aryl methyl sites for hydroxylation is 2. The number of nitrogens with zero attached hydrogens (tertiary/aromatic N) is 2. The van der Waals surface area contributed by atoms with Crippen molar-refractivity contribution < 1.29 is 9.53 Å². The fourth-order valence-corrected chi connectivity index (χ4v) is 4.36. The summed E-state index contributed by atoms with van der Waals surface area (Å²) in [4.78, 5) is 17.9. The number of aromatic nitrogens is 2. The fraction of sp³-hybridized carbons (Fsp3) is 0.200. The molecule has 0 N–H and O–H groups in total. The lowest BCUT2D eigenvalue weighted by atomic mass is 10.0. The normalized spacial score (nSPS) is 11.7. The lowest BCUT2D eigenvalue weighted by molar-refractivity contribution is 0.0529. The van der Waals surface area contributed by atoms with Crippen LogP contribution in [0.3, 0.4) is 0 Å².